The molecule has 7 heteroatoms. The summed E-state index contributed by atoms with van der Waals surface area (Å²) < 4.78 is 22.5. The van der Waals surface area contributed by atoms with Crippen molar-refractivity contribution in [2.45, 2.75) is 82.3 Å². The monoisotopic (exact) mass is 485 g/mol. The average molecular weight is 486 g/mol. The Labute approximate surface area is 208 Å². The van der Waals surface area contributed by atoms with Crippen molar-refractivity contribution in [3.05, 3.63) is 29.8 Å². The Kier molecular flexibility index (Phi) is 8.58. The van der Waals surface area contributed by atoms with E-state index in [4.69, 9.17) is 18.9 Å². The number of hydrogen-bond acceptors (Lipinski definition) is 6. The van der Waals surface area contributed by atoms with E-state index in [1.807, 2.05) is 24.3 Å². The van der Waals surface area contributed by atoms with Gasteiger partial charge >= 0.3 is 5.97 Å². The fourth-order valence-corrected chi connectivity index (χ4v) is 5.92. The van der Waals surface area contributed by atoms with E-state index in [2.05, 4.69) is 0 Å². The predicted molar refractivity (Wildman–Crippen MR) is 133 cm³/mol. The normalized spacial score (nSPS) is 22.0. The molecule has 4 rings (SSSR count). The zero-order chi connectivity index (χ0) is 24.8. The minimum absolute atomic E-state index is 0.0115. The van der Waals surface area contributed by atoms with E-state index in [-0.39, 0.29) is 29.8 Å². The standard InChI is InChI=1S/C28H39NO6/c1-32-23-17-20(18-24(33-2)26(23)34-3)25(19-11-5-4-6-12-19)27(30)29-16-10-9-15-22(29)28(31)35-21-13-7-8-14-21/h7-8,17-19,21-22,25H,4-6,9-16H2,1-3H3/t22-,25-/m0/s1. The molecule has 1 saturated heterocycles. The van der Waals surface area contributed by atoms with Crippen LogP contribution in [0.4, 0.5) is 0 Å². The first-order valence-corrected chi connectivity index (χ1v) is 13.0. The lowest BCUT2D eigenvalue weighted by molar-refractivity contribution is -0.162. The Morgan fingerprint density at radius 3 is 2.09 bits per heavy atom. The number of nitrogens with zero attached hydrogens (tertiary/aromatic N) is 1. The molecule has 0 unspecified atom stereocenters. The molecule has 0 spiro atoms. The number of benzene rings is 1. The first-order valence-electron chi connectivity index (χ1n) is 13.0. The van der Waals surface area contributed by atoms with E-state index in [9.17, 15) is 9.59 Å². The molecule has 0 radical (unpaired) electrons. The quantitative estimate of drug-likeness (QED) is 0.380. The highest BCUT2D eigenvalue weighted by Gasteiger charge is 2.41. The van der Waals surface area contributed by atoms with Crippen molar-refractivity contribution in [2.24, 2.45) is 5.92 Å². The zero-order valence-electron chi connectivity index (χ0n) is 21.3. The lowest BCUT2D eigenvalue weighted by atomic mass is 9.75. The van der Waals surface area contributed by atoms with Gasteiger partial charge in [-0.05, 0) is 55.7 Å². The fraction of sp³-hybridized carbons (Fsp3) is 0.643. The second-order valence-corrected chi connectivity index (χ2v) is 9.88. The van der Waals surface area contributed by atoms with Crippen LogP contribution in [0.1, 0.15) is 75.7 Å². The van der Waals surface area contributed by atoms with Crippen molar-refractivity contribution < 1.29 is 28.5 Å². The number of piperidine rings is 1. The van der Waals surface area contributed by atoms with Crippen LogP contribution in [0.3, 0.4) is 0 Å². The van der Waals surface area contributed by atoms with Crippen LogP contribution in [0.2, 0.25) is 0 Å². The first-order chi connectivity index (χ1) is 17.1. The Balaban J connectivity index is 1.66. The lowest BCUT2D eigenvalue weighted by Gasteiger charge is -2.39. The molecule has 35 heavy (non-hydrogen) atoms. The Bertz CT molecular complexity index is 889. The second kappa shape index (κ2) is 11.8. The summed E-state index contributed by atoms with van der Waals surface area (Å²) >= 11 is 0. The van der Waals surface area contributed by atoms with Gasteiger partial charge in [0, 0.05) is 19.4 Å². The van der Waals surface area contributed by atoms with Crippen molar-refractivity contribution in [3.63, 3.8) is 0 Å². The third kappa shape index (κ3) is 5.60. The first kappa shape index (κ1) is 25.4. The molecule has 1 aromatic carbocycles. The molecule has 2 aliphatic carbocycles. The molecule has 0 aromatic heterocycles. The van der Waals surface area contributed by atoms with Gasteiger partial charge in [0.15, 0.2) is 11.5 Å². The number of methoxy groups -OCH3 is 3. The van der Waals surface area contributed by atoms with E-state index in [0.29, 0.717) is 30.2 Å². The number of carbonyl (C=O) groups excluding carboxylic acids is 2. The molecule has 7 nitrogen and oxygen atoms in total. The molecule has 0 N–H and O–H groups in total. The number of hydrogen-bond donors (Lipinski definition) is 0. The van der Waals surface area contributed by atoms with Crippen LogP contribution in [-0.4, -0.2) is 56.8 Å². The summed E-state index contributed by atoms with van der Waals surface area (Å²) in [6, 6.07) is 3.28. The molecule has 1 amide bonds. The summed E-state index contributed by atoms with van der Waals surface area (Å²) in [5, 5.41) is 0. The van der Waals surface area contributed by atoms with Gasteiger partial charge in [-0.15, -0.1) is 0 Å². The largest absolute Gasteiger partial charge is 0.493 e. The third-order valence-corrected chi connectivity index (χ3v) is 7.74. The molecule has 3 aliphatic rings. The van der Waals surface area contributed by atoms with Crippen LogP contribution in [0, 0.1) is 5.92 Å². The minimum atomic E-state index is -0.523. The van der Waals surface area contributed by atoms with Gasteiger partial charge in [-0.3, -0.25) is 4.79 Å². The van der Waals surface area contributed by atoms with E-state index in [1.165, 1.54) is 6.42 Å². The van der Waals surface area contributed by atoms with Crippen molar-refractivity contribution >= 4 is 11.9 Å². The maximum absolute atomic E-state index is 14.3. The predicted octanol–water partition coefficient (Wildman–Crippen LogP) is 5.02. The maximum atomic E-state index is 14.3. The molecule has 192 valence electrons. The van der Waals surface area contributed by atoms with Gasteiger partial charge in [-0.25, -0.2) is 4.79 Å². The Morgan fingerprint density at radius 2 is 1.49 bits per heavy atom. The highest BCUT2D eigenvalue weighted by atomic mass is 16.5. The van der Waals surface area contributed by atoms with Crippen molar-refractivity contribution in [1.29, 1.82) is 0 Å². The third-order valence-electron chi connectivity index (χ3n) is 7.74. The van der Waals surface area contributed by atoms with Gasteiger partial charge in [0.2, 0.25) is 11.7 Å². The van der Waals surface area contributed by atoms with Crippen LogP contribution in [0.15, 0.2) is 24.3 Å². The van der Waals surface area contributed by atoms with Gasteiger partial charge in [0.05, 0.1) is 27.2 Å². The lowest BCUT2D eigenvalue weighted by Crippen LogP contribution is -2.51. The minimum Gasteiger partial charge on any atom is -0.493 e. The van der Waals surface area contributed by atoms with Crippen LogP contribution in [-0.2, 0) is 14.3 Å². The zero-order valence-corrected chi connectivity index (χ0v) is 21.3. The van der Waals surface area contributed by atoms with Crippen molar-refractivity contribution in [3.8, 4) is 17.2 Å². The molecular formula is C28H39NO6. The molecule has 2 atom stereocenters. The number of likely N-dealkylation sites (tertiary alicyclic amines) is 1. The summed E-state index contributed by atoms with van der Waals surface area (Å²) in [6.45, 7) is 0.579. The summed E-state index contributed by atoms with van der Waals surface area (Å²) in [7, 11) is 4.76. The summed E-state index contributed by atoms with van der Waals surface area (Å²) in [5.41, 5.74) is 0.856. The topological polar surface area (TPSA) is 74.3 Å². The molecule has 1 aliphatic heterocycles. The van der Waals surface area contributed by atoms with Crippen molar-refractivity contribution in [2.75, 3.05) is 27.9 Å². The molecule has 1 aromatic rings. The van der Waals surface area contributed by atoms with Crippen LogP contribution in [0.5, 0.6) is 17.2 Å². The van der Waals surface area contributed by atoms with E-state index >= 15 is 0 Å². The number of amides is 1. The smallest absolute Gasteiger partial charge is 0.329 e. The molecule has 0 bridgehead atoms. The number of rotatable bonds is 8. The second-order valence-electron chi connectivity index (χ2n) is 9.88. The molecular weight excluding hydrogens is 446 g/mol. The maximum Gasteiger partial charge on any atom is 0.329 e. The van der Waals surface area contributed by atoms with E-state index in [0.717, 1.165) is 56.9 Å². The summed E-state index contributed by atoms with van der Waals surface area (Å²) in [4.78, 5) is 29.3. The molecule has 1 saturated carbocycles. The average Bonchev–Trinajstić information content (AvgIpc) is 3.41. The van der Waals surface area contributed by atoms with Gasteiger partial charge in [-0.2, -0.15) is 0 Å². The van der Waals surface area contributed by atoms with Crippen molar-refractivity contribution in [1.82, 2.24) is 4.90 Å². The summed E-state index contributed by atoms with van der Waals surface area (Å²) in [6.07, 6.45) is 13.4. The summed E-state index contributed by atoms with van der Waals surface area (Å²) in [5.74, 6) is 1.18. The number of carbonyl (C=O) groups is 2. The number of ether oxygens (including phenoxy) is 4. The van der Waals surface area contributed by atoms with Gasteiger partial charge < -0.3 is 23.8 Å². The van der Waals surface area contributed by atoms with E-state index in [1.54, 1.807) is 26.2 Å². The fourth-order valence-electron chi connectivity index (χ4n) is 5.92. The number of esters is 1. The highest BCUT2D eigenvalue weighted by molar-refractivity contribution is 5.89. The van der Waals surface area contributed by atoms with E-state index < -0.39 is 6.04 Å². The molecule has 1 heterocycles. The van der Waals surface area contributed by atoms with Gasteiger partial charge in [0.25, 0.3) is 0 Å². The molecule has 2 fully saturated rings. The van der Waals surface area contributed by atoms with Crippen LogP contribution < -0.4 is 14.2 Å². The van der Waals surface area contributed by atoms with Gasteiger partial charge in [-0.1, -0.05) is 31.4 Å². The Morgan fingerprint density at radius 1 is 0.857 bits per heavy atom. The van der Waals surface area contributed by atoms with Crippen LogP contribution in [0.25, 0.3) is 0 Å². The van der Waals surface area contributed by atoms with Gasteiger partial charge in [0.1, 0.15) is 12.1 Å². The Hall–Kier alpha value is -2.70. The van der Waals surface area contributed by atoms with Crippen LogP contribution >= 0.6 is 0 Å². The highest BCUT2D eigenvalue weighted by Crippen LogP contribution is 2.45. The SMILES string of the molecule is COc1cc([C@@H](C(=O)N2CCCC[C@H]2C(=O)OC2CC=CC2)C2CCCCC2)cc(OC)c1OC.